The summed E-state index contributed by atoms with van der Waals surface area (Å²) in [5.41, 5.74) is 9.51. The molecular weight excluding hydrogens is 765 g/mol. The van der Waals surface area contributed by atoms with E-state index in [-0.39, 0.29) is 53.0 Å². The molecule has 1 fully saturated rings. The highest BCUT2D eigenvalue weighted by atomic mass is 35.5. The highest BCUT2D eigenvalue weighted by Gasteiger charge is 2.42. The summed E-state index contributed by atoms with van der Waals surface area (Å²) in [7, 11) is 0. The fraction of sp³-hybridized carbons (Fsp3) is 0.326. The van der Waals surface area contributed by atoms with Crippen LogP contribution in [0.25, 0.3) is 21.8 Å². The topological polar surface area (TPSA) is 166 Å². The molecule has 0 bridgehead atoms. The van der Waals surface area contributed by atoms with Crippen LogP contribution in [0.4, 0.5) is 22.7 Å². The number of carbonyl (C=O) groups is 3. The number of halogens is 2. The maximum absolute atomic E-state index is 14.1. The number of phenols is 2. The van der Waals surface area contributed by atoms with E-state index in [0.717, 1.165) is 44.3 Å². The molecule has 14 heteroatoms. The van der Waals surface area contributed by atoms with E-state index in [0.29, 0.717) is 71.4 Å². The number of alkyl halides is 2. The third-order valence-electron chi connectivity index (χ3n) is 12.6. The second kappa shape index (κ2) is 13.3. The maximum Gasteiger partial charge on any atom is 0.257 e. The molecule has 2 aromatic heterocycles. The van der Waals surface area contributed by atoms with Gasteiger partial charge >= 0.3 is 0 Å². The zero-order valence-electron chi connectivity index (χ0n) is 31.2. The number of aryl methyl sites for hydroxylation is 2. The van der Waals surface area contributed by atoms with Crippen LogP contribution in [0.3, 0.4) is 0 Å². The van der Waals surface area contributed by atoms with Gasteiger partial charge in [0.1, 0.15) is 17.5 Å². The SMILES string of the molecule is Cc1c[nH]c2c(O)cc3c(c12)C(CCl)CN3C(=O)C1=CC2CC(C(=O)Nc3ccc4c(c3)CC(C(=O)N3C[C@@H](CCl)c5c3cc(O)c3[nH]cc(C)c53)N4)NC2C=C1. The number of aromatic hydroxyl groups is 2. The van der Waals surface area contributed by atoms with Crippen LogP contribution in [-0.2, 0) is 20.8 Å². The molecular formula is C43H41Cl2N7O5. The predicted octanol–water partition coefficient (Wildman–Crippen LogP) is 6.53. The third kappa shape index (κ3) is 5.55. The monoisotopic (exact) mass is 805 g/mol. The Hall–Kier alpha value is -5.43. The molecule has 5 aromatic rings. The number of H-pyrrole nitrogens is 2. The molecule has 6 heterocycles. The number of rotatable bonds is 6. The first-order valence-corrected chi connectivity index (χ1v) is 20.4. The van der Waals surface area contributed by atoms with Crippen molar-refractivity contribution in [2.24, 2.45) is 5.92 Å². The summed E-state index contributed by atoms with van der Waals surface area (Å²) in [5, 5.41) is 33.3. The molecule has 3 aromatic carbocycles. The van der Waals surface area contributed by atoms with E-state index in [4.69, 9.17) is 23.2 Å². The highest BCUT2D eigenvalue weighted by molar-refractivity contribution is 6.20. The summed E-state index contributed by atoms with van der Waals surface area (Å²) < 4.78 is 0. The van der Waals surface area contributed by atoms with Crippen molar-refractivity contribution in [3.8, 4) is 11.5 Å². The number of carbonyl (C=O) groups excluding carboxylic acids is 3. The lowest BCUT2D eigenvalue weighted by Crippen LogP contribution is -2.41. The van der Waals surface area contributed by atoms with E-state index >= 15 is 0 Å². The Labute approximate surface area is 337 Å². The molecule has 0 saturated carbocycles. The predicted molar refractivity (Wildman–Crippen MR) is 223 cm³/mol. The Kier molecular flexibility index (Phi) is 8.40. The lowest BCUT2D eigenvalue weighted by atomic mass is 9.90. The Balaban J connectivity index is 0.810. The molecule has 3 amide bonds. The number of hydrogen-bond acceptors (Lipinski definition) is 7. The minimum Gasteiger partial charge on any atom is -0.506 e. The van der Waals surface area contributed by atoms with Gasteiger partial charge in [-0.2, -0.15) is 0 Å². The number of hydrogen-bond donors (Lipinski definition) is 7. The molecule has 6 atom stereocenters. The minimum absolute atomic E-state index is 0.0670. The molecule has 0 radical (unpaired) electrons. The van der Waals surface area contributed by atoms with Crippen LogP contribution in [0.15, 0.2) is 66.5 Å². The number of amides is 3. The number of benzene rings is 3. The summed E-state index contributed by atoms with van der Waals surface area (Å²) in [6, 6.07) is 7.82. The molecule has 10 rings (SSSR count). The van der Waals surface area contributed by atoms with E-state index in [1.165, 1.54) is 0 Å². The van der Waals surface area contributed by atoms with Crippen molar-refractivity contribution in [3.05, 3.63) is 94.3 Å². The van der Waals surface area contributed by atoms with Crippen LogP contribution < -0.4 is 25.8 Å². The van der Waals surface area contributed by atoms with Gasteiger partial charge in [-0.05, 0) is 72.2 Å². The van der Waals surface area contributed by atoms with Crippen LogP contribution in [0.1, 0.15) is 46.1 Å². The zero-order valence-corrected chi connectivity index (χ0v) is 32.8. The van der Waals surface area contributed by atoms with E-state index < -0.39 is 12.1 Å². The van der Waals surface area contributed by atoms with Crippen LogP contribution in [-0.4, -0.2) is 80.9 Å². The normalized spacial score (nSPS) is 24.4. The van der Waals surface area contributed by atoms with Crippen molar-refractivity contribution in [1.82, 2.24) is 15.3 Å². The number of fused-ring (bicyclic) bond motifs is 8. The lowest BCUT2D eigenvalue weighted by Gasteiger charge is -2.23. The van der Waals surface area contributed by atoms with Crippen LogP contribution >= 0.6 is 23.2 Å². The molecule has 57 heavy (non-hydrogen) atoms. The second-order valence-corrected chi connectivity index (χ2v) is 16.7. The Morgan fingerprint density at radius 2 is 1.49 bits per heavy atom. The van der Waals surface area contributed by atoms with Crippen LogP contribution in [0.5, 0.6) is 11.5 Å². The minimum atomic E-state index is -0.521. The molecule has 5 unspecified atom stereocenters. The summed E-state index contributed by atoms with van der Waals surface area (Å²) in [6.07, 6.45) is 10.4. The molecule has 12 nitrogen and oxygen atoms in total. The average Bonchev–Trinajstić information content (AvgIpc) is 4.06. The van der Waals surface area contributed by atoms with Gasteiger partial charge in [0.05, 0.1) is 28.5 Å². The van der Waals surface area contributed by atoms with Gasteiger partial charge in [-0.3, -0.25) is 19.7 Å². The van der Waals surface area contributed by atoms with E-state index in [9.17, 15) is 24.6 Å². The van der Waals surface area contributed by atoms with Gasteiger partial charge in [0.15, 0.2) is 0 Å². The zero-order chi connectivity index (χ0) is 39.4. The number of anilines is 4. The number of aromatic nitrogens is 2. The van der Waals surface area contributed by atoms with Crippen molar-refractivity contribution in [1.29, 1.82) is 0 Å². The van der Waals surface area contributed by atoms with Crippen molar-refractivity contribution < 1.29 is 24.6 Å². The van der Waals surface area contributed by atoms with Gasteiger partial charge in [-0.25, -0.2) is 0 Å². The Morgan fingerprint density at radius 1 is 0.860 bits per heavy atom. The second-order valence-electron chi connectivity index (χ2n) is 16.1. The van der Waals surface area contributed by atoms with Crippen molar-refractivity contribution >= 4 is 85.5 Å². The van der Waals surface area contributed by atoms with Gasteiger partial charge in [-0.15, -0.1) is 23.2 Å². The molecule has 1 aliphatic carbocycles. The first-order chi connectivity index (χ1) is 27.5. The van der Waals surface area contributed by atoms with E-state index in [1.54, 1.807) is 21.9 Å². The largest absolute Gasteiger partial charge is 0.506 e. The number of nitrogens with zero attached hydrogens (tertiary/aromatic N) is 2. The summed E-state index contributed by atoms with van der Waals surface area (Å²) in [5.74, 6) is 0.212. The van der Waals surface area contributed by atoms with E-state index in [1.807, 2.05) is 62.7 Å². The maximum atomic E-state index is 14.1. The molecule has 1 saturated heterocycles. The quantitative estimate of drug-likeness (QED) is 0.0959. The van der Waals surface area contributed by atoms with Gasteiger partial charge in [-0.1, -0.05) is 18.2 Å². The van der Waals surface area contributed by atoms with Crippen LogP contribution in [0.2, 0.25) is 0 Å². The van der Waals surface area contributed by atoms with Crippen molar-refractivity contribution in [2.45, 2.75) is 56.7 Å². The highest BCUT2D eigenvalue weighted by Crippen LogP contribution is 2.48. The first-order valence-electron chi connectivity index (χ1n) is 19.3. The fourth-order valence-corrected chi connectivity index (χ4v) is 10.4. The van der Waals surface area contributed by atoms with E-state index in [2.05, 4.69) is 25.9 Å². The third-order valence-corrected chi connectivity index (χ3v) is 13.4. The molecule has 4 aliphatic heterocycles. The Morgan fingerprint density at radius 3 is 2.14 bits per heavy atom. The molecule has 7 N–H and O–H groups in total. The Bertz CT molecular complexity index is 2630. The number of aromatic amines is 2. The molecule has 0 spiro atoms. The van der Waals surface area contributed by atoms with Crippen molar-refractivity contribution in [2.75, 3.05) is 45.3 Å². The standard InChI is InChI=1S/C43H41Cl2N7O5/c1-19-15-46-39-33(53)11-31-37(35(19)39)24(13-44)17-51(31)42(56)21-3-5-27-22(7-21)9-29(49-27)41(55)48-26-4-6-28-23(8-26)10-30(50-28)43(57)52-18-25(14-45)38-32(52)12-34(54)40-36(38)20(2)16-47-40/h3-8,11-12,15-16,22,24-25,27,29-30,46-47,49-50,53-54H,9-10,13-14,17-18H2,1-2H3,(H,48,55)/t22?,24?,25-,27?,29?,30?/m1/s1. The van der Waals surface area contributed by atoms with Gasteiger partial charge in [0, 0.05) is 101 Å². The van der Waals surface area contributed by atoms with Gasteiger partial charge in [0.2, 0.25) is 11.8 Å². The number of nitrogens with one attached hydrogen (secondary N) is 5. The molecule has 5 aliphatic rings. The van der Waals surface area contributed by atoms with Crippen molar-refractivity contribution in [3.63, 3.8) is 0 Å². The number of phenolic OH excluding ortho intramolecular Hbond substituents is 2. The summed E-state index contributed by atoms with van der Waals surface area (Å²) in [4.78, 5) is 51.5. The smallest absolute Gasteiger partial charge is 0.257 e. The first kappa shape index (κ1) is 35.9. The summed E-state index contributed by atoms with van der Waals surface area (Å²) in [6.45, 7) is 4.79. The summed E-state index contributed by atoms with van der Waals surface area (Å²) >= 11 is 12.9. The average molecular weight is 807 g/mol. The fourth-order valence-electron chi connectivity index (χ4n) is 9.90. The van der Waals surface area contributed by atoms with Crippen LogP contribution in [0, 0.1) is 19.8 Å². The lowest BCUT2D eigenvalue weighted by molar-refractivity contribution is -0.119. The molecule has 292 valence electrons. The van der Waals surface area contributed by atoms with Gasteiger partial charge < -0.3 is 40.6 Å². The van der Waals surface area contributed by atoms with Gasteiger partial charge in [0.25, 0.3) is 5.91 Å².